The van der Waals surface area contributed by atoms with Gasteiger partial charge in [-0.05, 0) is 41.8 Å². The lowest BCUT2D eigenvalue weighted by Gasteiger charge is -2.14. The molecule has 2 aromatic heterocycles. The number of nitrogens with one attached hydrogen (secondary N) is 2. The fourth-order valence-electron chi connectivity index (χ4n) is 2.68. The van der Waals surface area contributed by atoms with Gasteiger partial charge in [-0.3, -0.25) is 9.98 Å². The van der Waals surface area contributed by atoms with Crippen LogP contribution in [0.5, 0.6) is 0 Å². The Morgan fingerprint density at radius 1 is 1.19 bits per heavy atom. The second-order valence-corrected chi connectivity index (χ2v) is 6.13. The third-order valence-electron chi connectivity index (χ3n) is 4.22. The number of nitrogens with zero attached hydrogens (tertiary/aromatic N) is 4. The second-order valence-electron chi connectivity index (χ2n) is 6.13. The van der Waals surface area contributed by atoms with Gasteiger partial charge in [-0.1, -0.05) is 18.7 Å². The van der Waals surface area contributed by atoms with E-state index in [1.165, 1.54) is 5.56 Å². The van der Waals surface area contributed by atoms with Gasteiger partial charge in [0.25, 0.3) is 0 Å². The molecule has 138 valence electrons. The average Bonchev–Trinajstić information content (AvgIpc) is 3.13. The predicted molar refractivity (Wildman–Crippen MR) is 111 cm³/mol. The standard InChI is InChI=1S/C21H24N6/c1-16(18-5-4-6-19(15-18)22-2)26-20(21-25-13-14-27(21)3)24-12-9-17-7-10-23-11-8-17/h4-8,10-11,13-15,22H,1,9,12H2,2-3H3,(H,24,26). The van der Waals surface area contributed by atoms with Gasteiger partial charge in [-0.2, -0.15) is 0 Å². The van der Waals surface area contributed by atoms with E-state index in [2.05, 4.69) is 27.2 Å². The summed E-state index contributed by atoms with van der Waals surface area (Å²) in [6.07, 6.45) is 8.10. The van der Waals surface area contributed by atoms with Gasteiger partial charge in [0.1, 0.15) is 0 Å². The number of aliphatic imine (C=N–C) groups is 1. The van der Waals surface area contributed by atoms with E-state index in [0.717, 1.165) is 29.2 Å². The molecule has 0 atom stereocenters. The van der Waals surface area contributed by atoms with Crippen LogP contribution in [0.2, 0.25) is 0 Å². The maximum absolute atomic E-state index is 4.76. The Balaban J connectivity index is 1.78. The minimum atomic E-state index is 0.642. The molecule has 0 unspecified atom stereocenters. The summed E-state index contributed by atoms with van der Waals surface area (Å²) >= 11 is 0. The molecule has 0 saturated carbocycles. The zero-order chi connectivity index (χ0) is 19.1. The summed E-state index contributed by atoms with van der Waals surface area (Å²) in [5.74, 6) is 1.48. The molecule has 0 spiro atoms. The van der Waals surface area contributed by atoms with Crippen molar-refractivity contribution in [3.63, 3.8) is 0 Å². The van der Waals surface area contributed by atoms with Crippen molar-refractivity contribution in [2.75, 3.05) is 18.9 Å². The van der Waals surface area contributed by atoms with Crippen molar-refractivity contribution in [3.05, 3.63) is 84.7 Å². The van der Waals surface area contributed by atoms with Crippen LogP contribution in [0.4, 0.5) is 5.69 Å². The van der Waals surface area contributed by atoms with E-state index in [9.17, 15) is 0 Å². The smallest absolute Gasteiger partial charge is 0.175 e. The summed E-state index contributed by atoms with van der Waals surface area (Å²) in [5, 5.41) is 6.49. The third-order valence-corrected chi connectivity index (χ3v) is 4.22. The number of anilines is 1. The van der Waals surface area contributed by atoms with Crippen molar-refractivity contribution in [3.8, 4) is 0 Å². The number of imidazole rings is 1. The Labute approximate surface area is 159 Å². The molecular formula is C21H24N6. The SMILES string of the molecule is C=C(NC(=NCCc1ccncc1)c1nccn1C)c1cccc(NC)c1. The number of pyridine rings is 1. The maximum atomic E-state index is 4.76. The van der Waals surface area contributed by atoms with Crippen LogP contribution >= 0.6 is 0 Å². The monoisotopic (exact) mass is 360 g/mol. The van der Waals surface area contributed by atoms with Gasteiger partial charge in [0.2, 0.25) is 0 Å². The Morgan fingerprint density at radius 2 is 2.00 bits per heavy atom. The molecule has 27 heavy (non-hydrogen) atoms. The first-order valence-electron chi connectivity index (χ1n) is 8.82. The molecule has 6 nitrogen and oxygen atoms in total. The molecule has 0 fully saturated rings. The highest BCUT2D eigenvalue weighted by Crippen LogP contribution is 2.16. The fourth-order valence-corrected chi connectivity index (χ4v) is 2.68. The lowest BCUT2D eigenvalue weighted by atomic mass is 10.1. The summed E-state index contributed by atoms with van der Waals surface area (Å²) in [6.45, 7) is 4.82. The van der Waals surface area contributed by atoms with E-state index in [1.54, 1.807) is 18.6 Å². The molecule has 0 aliphatic heterocycles. The molecule has 0 radical (unpaired) electrons. The maximum Gasteiger partial charge on any atom is 0.175 e. The van der Waals surface area contributed by atoms with Crippen molar-refractivity contribution >= 4 is 17.2 Å². The molecule has 2 heterocycles. The van der Waals surface area contributed by atoms with Crippen molar-refractivity contribution < 1.29 is 0 Å². The van der Waals surface area contributed by atoms with E-state index in [1.807, 2.05) is 61.3 Å². The Kier molecular flexibility index (Phi) is 5.99. The molecule has 3 rings (SSSR count). The number of hydrogen-bond donors (Lipinski definition) is 2. The van der Waals surface area contributed by atoms with Crippen molar-refractivity contribution in [2.45, 2.75) is 6.42 Å². The van der Waals surface area contributed by atoms with Crippen LogP contribution in [0, 0.1) is 0 Å². The lowest BCUT2D eigenvalue weighted by molar-refractivity contribution is 0.878. The molecule has 2 N–H and O–H groups in total. The highest BCUT2D eigenvalue weighted by atomic mass is 15.1. The predicted octanol–water partition coefficient (Wildman–Crippen LogP) is 3.11. The van der Waals surface area contributed by atoms with Crippen LogP contribution in [-0.4, -0.2) is 34.0 Å². The van der Waals surface area contributed by atoms with Gasteiger partial charge in [0, 0.05) is 56.8 Å². The van der Waals surface area contributed by atoms with E-state index in [4.69, 9.17) is 4.99 Å². The molecule has 0 amide bonds. The van der Waals surface area contributed by atoms with E-state index in [-0.39, 0.29) is 0 Å². The summed E-state index contributed by atoms with van der Waals surface area (Å²) in [7, 11) is 3.85. The zero-order valence-electron chi connectivity index (χ0n) is 15.7. The van der Waals surface area contributed by atoms with Gasteiger partial charge in [-0.25, -0.2) is 4.98 Å². The molecule has 0 saturated heterocycles. The van der Waals surface area contributed by atoms with Gasteiger partial charge in [-0.15, -0.1) is 0 Å². The molecule has 3 aromatic rings. The van der Waals surface area contributed by atoms with Crippen LogP contribution in [0.3, 0.4) is 0 Å². The number of aryl methyl sites for hydroxylation is 1. The van der Waals surface area contributed by atoms with E-state index < -0.39 is 0 Å². The van der Waals surface area contributed by atoms with E-state index >= 15 is 0 Å². The van der Waals surface area contributed by atoms with Crippen LogP contribution in [0.15, 0.2) is 72.8 Å². The first-order chi connectivity index (χ1) is 13.2. The van der Waals surface area contributed by atoms with Gasteiger partial charge < -0.3 is 15.2 Å². The highest BCUT2D eigenvalue weighted by Gasteiger charge is 2.11. The van der Waals surface area contributed by atoms with Gasteiger partial charge in [0.15, 0.2) is 11.7 Å². The Bertz CT molecular complexity index is 927. The Hall–Kier alpha value is -3.41. The van der Waals surface area contributed by atoms with Crippen molar-refractivity contribution in [2.24, 2.45) is 12.0 Å². The van der Waals surface area contributed by atoms with Gasteiger partial charge in [0.05, 0.1) is 0 Å². The zero-order valence-corrected chi connectivity index (χ0v) is 15.7. The number of aromatic nitrogens is 3. The Morgan fingerprint density at radius 3 is 2.70 bits per heavy atom. The minimum absolute atomic E-state index is 0.642. The molecular weight excluding hydrogens is 336 g/mol. The third kappa shape index (κ3) is 4.82. The average molecular weight is 360 g/mol. The largest absolute Gasteiger partial charge is 0.388 e. The number of hydrogen-bond acceptors (Lipinski definition) is 4. The second kappa shape index (κ2) is 8.80. The van der Waals surface area contributed by atoms with Crippen molar-refractivity contribution in [1.29, 1.82) is 0 Å². The molecule has 0 aliphatic rings. The summed E-state index contributed by atoms with van der Waals surface area (Å²) in [4.78, 5) is 13.2. The quantitative estimate of drug-likeness (QED) is 0.502. The lowest BCUT2D eigenvalue weighted by Crippen LogP contribution is -2.26. The van der Waals surface area contributed by atoms with Gasteiger partial charge >= 0.3 is 0 Å². The van der Waals surface area contributed by atoms with Crippen LogP contribution < -0.4 is 10.6 Å². The molecule has 0 aliphatic carbocycles. The highest BCUT2D eigenvalue weighted by molar-refractivity contribution is 6.00. The normalized spacial score (nSPS) is 11.3. The summed E-state index contributed by atoms with van der Waals surface area (Å²) in [5.41, 5.74) is 4.01. The topological polar surface area (TPSA) is 67.1 Å². The first kappa shape index (κ1) is 18.4. The fraction of sp³-hybridized carbons (Fsp3) is 0.190. The van der Waals surface area contributed by atoms with Crippen LogP contribution in [0.25, 0.3) is 5.70 Å². The number of rotatable bonds is 7. The first-order valence-corrected chi connectivity index (χ1v) is 8.82. The van der Waals surface area contributed by atoms with Crippen molar-refractivity contribution in [1.82, 2.24) is 19.9 Å². The number of benzene rings is 1. The van der Waals surface area contributed by atoms with E-state index in [0.29, 0.717) is 12.4 Å². The number of amidine groups is 1. The summed E-state index contributed by atoms with van der Waals surface area (Å²) < 4.78 is 1.94. The van der Waals surface area contributed by atoms with Crippen LogP contribution in [0.1, 0.15) is 17.0 Å². The van der Waals surface area contributed by atoms with Crippen LogP contribution in [-0.2, 0) is 13.5 Å². The molecule has 1 aromatic carbocycles. The molecule has 6 heteroatoms. The molecule has 0 bridgehead atoms. The summed E-state index contributed by atoms with van der Waals surface area (Å²) in [6, 6.07) is 12.1. The minimum Gasteiger partial charge on any atom is -0.388 e.